The average Bonchev–Trinajstić information content (AvgIpc) is 2.27. The van der Waals surface area contributed by atoms with E-state index in [4.69, 9.17) is 5.11 Å². The molecule has 2 unspecified atom stereocenters. The number of rotatable bonds is 5. The van der Waals surface area contributed by atoms with E-state index in [0.29, 0.717) is 0 Å². The highest BCUT2D eigenvalue weighted by Crippen LogP contribution is 2.32. The molecule has 0 aliphatic rings. The topological polar surface area (TPSA) is 66.8 Å². The van der Waals surface area contributed by atoms with Crippen LogP contribution in [0.15, 0.2) is 24.3 Å². The van der Waals surface area contributed by atoms with Crippen molar-refractivity contribution in [2.75, 3.05) is 0 Å². The minimum Gasteiger partial charge on any atom is -0.481 e. The van der Waals surface area contributed by atoms with Crippen LogP contribution in [0.3, 0.4) is 0 Å². The molecule has 19 heavy (non-hydrogen) atoms. The molecule has 2 N–H and O–H groups in total. The molecule has 0 saturated carbocycles. The molecular formula is C12H13F3O4. The first-order valence-corrected chi connectivity index (χ1v) is 5.46. The number of carboxylic acids is 1. The number of halogens is 3. The Morgan fingerprint density at radius 3 is 2.47 bits per heavy atom. The number of carboxylic acid groups (broad SMARTS) is 1. The van der Waals surface area contributed by atoms with Crippen molar-refractivity contribution in [1.29, 1.82) is 0 Å². The zero-order valence-corrected chi connectivity index (χ0v) is 10.0. The summed E-state index contributed by atoms with van der Waals surface area (Å²) in [6.45, 7) is 1.36. The van der Waals surface area contributed by atoms with Crippen molar-refractivity contribution >= 4 is 5.97 Å². The van der Waals surface area contributed by atoms with E-state index < -0.39 is 30.1 Å². The maximum Gasteiger partial charge on any atom is 0.573 e. The number of carbonyl (C=O) groups is 1. The van der Waals surface area contributed by atoms with Crippen LogP contribution < -0.4 is 4.74 Å². The van der Waals surface area contributed by atoms with Crippen LogP contribution in [0, 0.1) is 5.92 Å². The predicted molar refractivity (Wildman–Crippen MR) is 59.5 cm³/mol. The molecule has 0 fully saturated rings. The van der Waals surface area contributed by atoms with E-state index in [9.17, 15) is 23.1 Å². The maximum absolute atomic E-state index is 12.2. The van der Waals surface area contributed by atoms with E-state index in [2.05, 4.69) is 4.74 Å². The Morgan fingerprint density at radius 2 is 1.95 bits per heavy atom. The van der Waals surface area contributed by atoms with Crippen LogP contribution in [0.4, 0.5) is 13.2 Å². The second-order valence-corrected chi connectivity index (χ2v) is 4.08. The molecule has 106 valence electrons. The number of aliphatic hydroxyl groups excluding tert-OH is 1. The molecule has 0 bridgehead atoms. The van der Waals surface area contributed by atoms with Crippen molar-refractivity contribution in [2.45, 2.75) is 25.8 Å². The van der Waals surface area contributed by atoms with Crippen molar-refractivity contribution in [3.05, 3.63) is 29.8 Å². The van der Waals surface area contributed by atoms with Gasteiger partial charge in [-0.05, 0) is 12.5 Å². The minimum atomic E-state index is -4.87. The quantitative estimate of drug-likeness (QED) is 0.869. The van der Waals surface area contributed by atoms with Crippen molar-refractivity contribution in [2.24, 2.45) is 5.92 Å². The first-order chi connectivity index (χ1) is 8.70. The lowest BCUT2D eigenvalue weighted by molar-refractivity contribution is -0.275. The fourth-order valence-corrected chi connectivity index (χ4v) is 1.54. The highest BCUT2D eigenvalue weighted by molar-refractivity contribution is 5.69. The summed E-state index contributed by atoms with van der Waals surface area (Å²) >= 11 is 0. The van der Waals surface area contributed by atoms with Crippen molar-refractivity contribution in [1.82, 2.24) is 0 Å². The van der Waals surface area contributed by atoms with Crippen LogP contribution in [0.2, 0.25) is 0 Å². The maximum atomic E-state index is 12.2. The average molecular weight is 278 g/mol. The second kappa shape index (κ2) is 5.92. The number of hydrogen-bond donors (Lipinski definition) is 2. The minimum absolute atomic E-state index is 0.0899. The second-order valence-electron chi connectivity index (χ2n) is 4.08. The first-order valence-electron chi connectivity index (χ1n) is 5.46. The summed E-state index contributed by atoms with van der Waals surface area (Å²) in [6.07, 6.45) is -6.41. The zero-order chi connectivity index (χ0) is 14.6. The number of alkyl halides is 3. The molecule has 1 aromatic rings. The van der Waals surface area contributed by atoms with Gasteiger partial charge >= 0.3 is 12.3 Å². The first kappa shape index (κ1) is 15.3. The standard InChI is InChI=1S/C12H13F3O4/c1-7(11(17)18)6-9(16)8-4-2-3-5-10(8)19-12(13,14)15/h2-5,7,9,16H,6H2,1H3,(H,17,18). The van der Waals surface area contributed by atoms with Gasteiger partial charge in [0.05, 0.1) is 12.0 Å². The zero-order valence-electron chi connectivity index (χ0n) is 10.0. The molecule has 4 nitrogen and oxygen atoms in total. The van der Waals surface area contributed by atoms with Gasteiger partial charge in [-0.15, -0.1) is 13.2 Å². The van der Waals surface area contributed by atoms with Crippen molar-refractivity contribution in [3.8, 4) is 5.75 Å². The lowest BCUT2D eigenvalue weighted by Gasteiger charge is -2.18. The SMILES string of the molecule is CC(CC(O)c1ccccc1OC(F)(F)F)C(=O)O. The molecular weight excluding hydrogens is 265 g/mol. The summed E-state index contributed by atoms with van der Waals surface area (Å²) in [5.41, 5.74) is -0.0899. The Balaban J connectivity index is 2.90. The number of para-hydroxylation sites is 1. The predicted octanol–water partition coefficient (Wildman–Crippen LogP) is 2.73. The monoisotopic (exact) mass is 278 g/mol. The number of aliphatic hydroxyl groups is 1. The van der Waals surface area contributed by atoms with Crippen molar-refractivity contribution < 1.29 is 32.9 Å². The Bertz CT molecular complexity index is 445. The fourth-order valence-electron chi connectivity index (χ4n) is 1.54. The van der Waals surface area contributed by atoms with E-state index in [1.807, 2.05) is 0 Å². The van der Waals surface area contributed by atoms with Gasteiger partial charge in [-0.3, -0.25) is 4.79 Å². The summed E-state index contributed by atoms with van der Waals surface area (Å²) in [7, 11) is 0. The largest absolute Gasteiger partial charge is 0.573 e. The normalized spacial score (nSPS) is 14.8. The van der Waals surface area contributed by atoms with Crippen LogP contribution in [0.1, 0.15) is 25.0 Å². The third kappa shape index (κ3) is 4.78. The molecule has 1 aromatic carbocycles. The van der Waals surface area contributed by atoms with Gasteiger partial charge in [0, 0.05) is 5.56 Å². The molecule has 2 atom stereocenters. The summed E-state index contributed by atoms with van der Waals surface area (Å²) in [6, 6.07) is 5.10. The molecule has 1 rings (SSSR count). The van der Waals surface area contributed by atoms with Gasteiger partial charge in [-0.25, -0.2) is 0 Å². The van der Waals surface area contributed by atoms with Gasteiger partial charge in [0.2, 0.25) is 0 Å². The van der Waals surface area contributed by atoms with Crippen LogP contribution in [-0.2, 0) is 4.79 Å². The smallest absolute Gasteiger partial charge is 0.481 e. The highest BCUT2D eigenvalue weighted by atomic mass is 19.4. The number of hydrogen-bond acceptors (Lipinski definition) is 3. The van der Waals surface area contributed by atoms with E-state index >= 15 is 0 Å². The Hall–Kier alpha value is -1.76. The van der Waals surface area contributed by atoms with Crippen LogP contribution in [0.25, 0.3) is 0 Å². The lowest BCUT2D eigenvalue weighted by atomic mass is 9.98. The molecule has 0 saturated heterocycles. The highest BCUT2D eigenvalue weighted by Gasteiger charge is 2.33. The molecule has 0 radical (unpaired) electrons. The van der Waals surface area contributed by atoms with Gasteiger partial charge in [0.15, 0.2) is 0 Å². The summed E-state index contributed by atoms with van der Waals surface area (Å²) < 4.78 is 40.3. The van der Waals surface area contributed by atoms with Crippen molar-refractivity contribution in [3.63, 3.8) is 0 Å². The lowest BCUT2D eigenvalue weighted by Crippen LogP contribution is -2.19. The molecule has 0 aliphatic carbocycles. The molecule has 0 aromatic heterocycles. The molecule has 0 aliphatic heterocycles. The van der Waals surface area contributed by atoms with E-state index in [1.54, 1.807) is 0 Å². The number of aliphatic carboxylic acids is 1. The molecule has 0 amide bonds. The Morgan fingerprint density at radius 1 is 1.37 bits per heavy atom. The molecule has 0 heterocycles. The number of ether oxygens (including phenoxy) is 1. The van der Waals surface area contributed by atoms with Gasteiger partial charge in [-0.1, -0.05) is 25.1 Å². The molecule has 0 spiro atoms. The summed E-state index contributed by atoms with van der Waals surface area (Å²) in [5.74, 6) is -2.54. The Kier molecular flexibility index (Phi) is 4.77. The van der Waals surface area contributed by atoms with E-state index in [1.165, 1.54) is 25.1 Å². The number of benzene rings is 1. The fraction of sp³-hybridized carbons (Fsp3) is 0.417. The summed E-state index contributed by atoms with van der Waals surface area (Å²) in [4.78, 5) is 10.7. The van der Waals surface area contributed by atoms with E-state index in [0.717, 1.165) is 6.07 Å². The van der Waals surface area contributed by atoms with Gasteiger partial charge in [-0.2, -0.15) is 0 Å². The van der Waals surface area contributed by atoms with Crippen LogP contribution >= 0.6 is 0 Å². The molecule has 7 heteroatoms. The van der Waals surface area contributed by atoms with E-state index in [-0.39, 0.29) is 12.0 Å². The van der Waals surface area contributed by atoms with Crippen LogP contribution in [0.5, 0.6) is 5.75 Å². The third-order valence-electron chi connectivity index (χ3n) is 2.50. The van der Waals surface area contributed by atoms with Gasteiger partial charge in [0.1, 0.15) is 5.75 Å². The van der Waals surface area contributed by atoms with Crippen LogP contribution in [-0.4, -0.2) is 22.5 Å². The summed E-state index contributed by atoms with van der Waals surface area (Å²) in [5, 5.41) is 18.5. The third-order valence-corrected chi connectivity index (χ3v) is 2.50. The Labute approximate surface area is 107 Å². The van der Waals surface area contributed by atoms with Gasteiger partial charge < -0.3 is 14.9 Å². The van der Waals surface area contributed by atoms with Gasteiger partial charge in [0.25, 0.3) is 0 Å².